The number of hydrogen-bond acceptors (Lipinski definition) is 4. The quantitative estimate of drug-likeness (QED) is 0.601. The largest absolute Gasteiger partial charge is 0.504 e. The third-order valence-electron chi connectivity index (χ3n) is 2.28. The van der Waals surface area contributed by atoms with Crippen LogP contribution in [0.15, 0.2) is 18.2 Å². The third kappa shape index (κ3) is 3.65. The lowest BCUT2D eigenvalue weighted by atomic mass is 10.00. The molecule has 6 nitrogen and oxygen atoms in total. The molecule has 0 aliphatic rings. The Bertz CT molecular complexity index is 481. The highest BCUT2D eigenvalue weighted by Gasteiger charge is 2.24. The molecule has 0 unspecified atom stereocenters. The summed E-state index contributed by atoms with van der Waals surface area (Å²) in [5.74, 6) is -2.26. The molecule has 0 radical (unpaired) electrons. The topological polar surface area (TPSA) is 107 Å². The van der Waals surface area contributed by atoms with E-state index in [9.17, 15) is 14.7 Å². The number of aliphatic carboxylic acids is 1. The van der Waals surface area contributed by atoms with Crippen LogP contribution < -0.4 is 5.32 Å². The molecule has 1 rings (SSSR count). The molecule has 0 aromatic heterocycles. The standard InChI is InChI=1S/C12H15NO5/c1-12(2,6-10(16)17)13-11(18)7-3-4-8(14)9(15)5-7/h3-5,14-15H,6H2,1-2H3,(H,13,18)(H,16,17). The van der Waals surface area contributed by atoms with E-state index >= 15 is 0 Å². The molecular weight excluding hydrogens is 238 g/mol. The minimum atomic E-state index is -1.02. The van der Waals surface area contributed by atoms with Crippen molar-refractivity contribution >= 4 is 11.9 Å². The second-order valence-electron chi connectivity index (χ2n) is 4.61. The van der Waals surface area contributed by atoms with Crippen LogP contribution in [0.4, 0.5) is 0 Å². The summed E-state index contributed by atoms with van der Waals surface area (Å²) in [5, 5.41) is 29.6. The Balaban J connectivity index is 2.82. The van der Waals surface area contributed by atoms with Crippen molar-refractivity contribution in [3.8, 4) is 11.5 Å². The van der Waals surface area contributed by atoms with Crippen molar-refractivity contribution in [1.29, 1.82) is 0 Å². The second kappa shape index (κ2) is 4.95. The lowest BCUT2D eigenvalue weighted by molar-refractivity contribution is -0.138. The number of carbonyl (C=O) groups excluding carboxylic acids is 1. The van der Waals surface area contributed by atoms with Gasteiger partial charge in [-0.3, -0.25) is 9.59 Å². The zero-order chi connectivity index (χ0) is 13.9. The van der Waals surface area contributed by atoms with Crippen LogP contribution >= 0.6 is 0 Å². The number of aromatic hydroxyl groups is 2. The Hall–Kier alpha value is -2.24. The molecule has 0 bridgehead atoms. The van der Waals surface area contributed by atoms with Crippen molar-refractivity contribution in [2.24, 2.45) is 0 Å². The number of nitrogens with one attached hydrogen (secondary N) is 1. The molecule has 1 aromatic rings. The van der Waals surface area contributed by atoms with Gasteiger partial charge in [0.2, 0.25) is 0 Å². The van der Waals surface area contributed by atoms with E-state index in [0.29, 0.717) is 0 Å². The third-order valence-corrected chi connectivity index (χ3v) is 2.28. The van der Waals surface area contributed by atoms with Crippen LogP contribution in [0.2, 0.25) is 0 Å². The molecule has 6 heteroatoms. The highest BCUT2D eigenvalue weighted by Crippen LogP contribution is 2.25. The molecule has 4 N–H and O–H groups in total. The van der Waals surface area contributed by atoms with Gasteiger partial charge < -0.3 is 20.6 Å². The predicted octanol–water partition coefficient (Wildman–Crippen LogP) is 1.08. The van der Waals surface area contributed by atoms with Crippen LogP contribution in [0, 0.1) is 0 Å². The lowest BCUT2D eigenvalue weighted by Gasteiger charge is -2.24. The van der Waals surface area contributed by atoms with Crippen molar-refractivity contribution in [3.05, 3.63) is 23.8 Å². The molecule has 18 heavy (non-hydrogen) atoms. The van der Waals surface area contributed by atoms with Crippen LogP contribution in [0.1, 0.15) is 30.6 Å². The van der Waals surface area contributed by atoms with Gasteiger partial charge in [0.25, 0.3) is 5.91 Å². The SMILES string of the molecule is CC(C)(CC(=O)O)NC(=O)c1ccc(O)c(O)c1. The fourth-order valence-electron chi connectivity index (χ4n) is 1.47. The zero-order valence-electron chi connectivity index (χ0n) is 10.1. The summed E-state index contributed by atoms with van der Waals surface area (Å²) < 4.78 is 0. The lowest BCUT2D eigenvalue weighted by Crippen LogP contribution is -2.44. The van der Waals surface area contributed by atoms with E-state index in [4.69, 9.17) is 10.2 Å². The van der Waals surface area contributed by atoms with E-state index in [0.717, 1.165) is 6.07 Å². The van der Waals surface area contributed by atoms with Gasteiger partial charge in [-0.15, -0.1) is 0 Å². The molecule has 98 valence electrons. The average molecular weight is 253 g/mol. The predicted molar refractivity (Wildman–Crippen MR) is 63.6 cm³/mol. The van der Waals surface area contributed by atoms with E-state index in [1.165, 1.54) is 12.1 Å². The first kappa shape index (κ1) is 13.8. The molecule has 0 saturated heterocycles. The molecule has 0 heterocycles. The number of carbonyl (C=O) groups is 2. The first-order valence-electron chi connectivity index (χ1n) is 5.27. The maximum absolute atomic E-state index is 11.8. The molecule has 0 saturated carbocycles. The molecule has 0 aliphatic heterocycles. The van der Waals surface area contributed by atoms with Crippen LogP contribution in [0.5, 0.6) is 11.5 Å². The van der Waals surface area contributed by atoms with Gasteiger partial charge in [0.15, 0.2) is 11.5 Å². The molecule has 0 fully saturated rings. The maximum Gasteiger partial charge on any atom is 0.305 e. The zero-order valence-corrected chi connectivity index (χ0v) is 10.1. The van der Waals surface area contributed by atoms with E-state index in [1.807, 2.05) is 0 Å². The number of carboxylic acid groups (broad SMARTS) is 1. The van der Waals surface area contributed by atoms with Gasteiger partial charge in [-0.05, 0) is 32.0 Å². The van der Waals surface area contributed by atoms with Crippen molar-refractivity contribution in [3.63, 3.8) is 0 Å². The number of hydrogen-bond donors (Lipinski definition) is 4. The highest BCUT2D eigenvalue weighted by molar-refractivity contribution is 5.95. The first-order valence-corrected chi connectivity index (χ1v) is 5.27. The van der Waals surface area contributed by atoms with Gasteiger partial charge in [-0.25, -0.2) is 0 Å². The summed E-state index contributed by atoms with van der Waals surface area (Å²) in [7, 11) is 0. The second-order valence-corrected chi connectivity index (χ2v) is 4.61. The van der Waals surface area contributed by atoms with Gasteiger partial charge in [-0.2, -0.15) is 0 Å². The Labute approximate surface area is 104 Å². The number of carboxylic acids is 1. The van der Waals surface area contributed by atoms with Crippen molar-refractivity contribution < 1.29 is 24.9 Å². The van der Waals surface area contributed by atoms with Gasteiger partial charge in [0.1, 0.15) is 0 Å². The van der Waals surface area contributed by atoms with Crippen LogP contribution in [-0.2, 0) is 4.79 Å². The summed E-state index contributed by atoms with van der Waals surface area (Å²) in [6.07, 6.45) is -0.219. The summed E-state index contributed by atoms with van der Waals surface area (Å²) in [4.78, 5) is 22.4. The van der Waals surface area contributed by atoms with Crippen LogP contribution in [0.25, 0.3) is 0 Å². The fraction of sp³-hybridized carbons (Fsp3) is 0.333. The Morgan fingerprint density at radius 1 is 1.22 bits per heavy atom. The van der Waals surface area contributed by atoms with E-state index in [-0.39, 0.29) is 17.7 Å². The summed E-state index contributed by atoms with van der Waals surface area (Å²) in [6.45, 7) is 3.17. The van der Waals surface area contributed by atoms with Gasteiger partial charge in [0, 0.05) is 11.1 Å². The molecule has 0 aliphatic carbocycles. The monoisotopic (exact) mass is 253 g/mol. The van der Waals surface area contributed by atoms with Crippen LogP contribution in [-0.4, -0.2) is 32.7 Å². The number of phenols is 2. The molecule has 0 spiro atoms. The summed E-state index contributed by atoms with van der Waals surface area (Å²) >= 11 is 0. The number of amides is 1. The summed E-state index contributed by atoms with van der Waals surface area (Å²) in [6, 6.07) is 3.64. The Morgan fingerprint density at radius 3 is 2.33 bits per heavy atom. The van der Waals surface area contributed by atoms with Crippen molar-refractivity contribution in [2.45, 2.75) is 25.8 Å². The average Bonchev–Trinajstić information content (AvgIpc) is 2.19. The van der Waals surface area contributed by atoms with Crippen LogP contribution in [0.3, 0.4) is 0 Å². The summed E-state index contributed by atoms with van der Waals surface area (Å²) in [5.41, 5.74) is -0.764. The number of rotatable bonds is 4. The molecule has 1 aromatic carbocycles. The van der Waals surface area contributed by atoms with Gasteiger partial charge >= 0.3 is 5.97 Å². The number of benzene rings is 1. The molecular formula is C12H15NO5. The van der Waals surface area contributed by atoms with E-state index in [2.05, 4.69) is 5.32 Å². The van der Waals surface area contributed by atoms with E-state index in [1.54, 1.807) is 13.8 Å². The fourth-order valence-corrected chi connectivity index (χ4v) is 1.47. The number of phenolic OH excluding ortho intramolecular Hbond substituents is 2. The maximum atomic E-state index is 11.8. The van der Waals surface area contributed by atoms with Gasteiger partial charge in [-0.1, -0.05) is 0 Å². The first-order chi connectivity index (χ1) is 8.21. The Morgan fingerprint density at radius 2 is 1.83 bits per heavy atom. The minimum Gasteiger partial charge on any atom is -0.504 e. The van der Waals surface area contributed by atoms with Crippen molar-refractivity contribution in [2.75, 3.05) is 0 Å². The molecule has 0 atom stereocenters. The normalized spacial score (nSPS) is 11.0. The van der Waals surface area contributed by atoms with E-state index < -0.39 is 23.2 Å². The van der Waals surface area contributed by atoms with Crippen molar-refractivity contribution in [1.82, 2.24) is 5.32 Å². The Kier molecular flexibility index (Phi) is 3.80. The highest BCUT2D eigenvalue weighted by atomic mass is 16.4. The molecule has 1 amide bonds. The minimum absolute atomic E-state index is 0.142. The van der Waals surface area contributed by atoms with Gasteiger partial charge in [0.05, 0.1) is 6.42 Å². The smallest absolute Gasteiger partial charge is 0.305 e.